The van der Waals surface area contributed by atoms with Crippen LogP contribution in [0.4, 0.5) is 13.2 Å². The molecule has 14 heavy (non-hydrogen) atoms. The highest BCUT2D eigenvalue weighted by atomic mass is 19.4. The molecule has 0 heterocycles. The van der Waals surface area contributed by atoms with Crippen LogP contribution >= 0.6 is 0 Å². The van der Waals surface area contributed by atoms with E-state index in [4.69, 9.17) is 0 Å². The van der Waals surface area contributed by atoms with E-state index in [0.717, 1.165) is 6.42 Å². The number of hydrogen-bond donors (Lipinski definition) is 0. The Morgan fingerprint density at radius 2 is 2.21 bits per heavy atom. The summed E-state index contributed by atoms with van der Waals surface area (Å²) in [6.45, 7) is 0. The van der Waals surface area contributed by atoms with Crippen LogP contribution in [0.2, 0.25) is 0 Å². The van der Waals surface area contributed by atoms with Gasteiger partial charge in [0.1, 0.15) is 0 Å². The molecular formula is C9H9F3O2. The zero-order valence-electron chi connectivity index (χ0n) is 7.30. The fourth-order valence-electron chi connectivity index (χ4n) is 2.21. The van der Waals surface area contributed by atoms with E-state index in [-0.39, 0.29) is 5.92 Å². The van der Waals surface area contributed by atoms with Crippen molar-refractivity contribution < 1.29 is 22.7 Å². The largest absolute Gasteiger partial charge is 0.575 e. The summed E-state index contributed by atoms with van der Waals surface area (Å²) in [7, 11) is 0. The van der Waals surface area contributed by atoms with Crippen molar-refractivity contribution in [3.05, 3.63) is 12.2 Å². The molecule has 0 spiro atoms. The van der Waals surface area contributed by atoms with Gasteiger partial charge in [-0.05, 0) is 25.2 Å². The molecule has 2 aliphatic carbocycles. The molecular weight excluding hydrogens is 197 g/mol. The monoisotopic (exact) mass is 206 g/mol. The summed E-state index contributed by atoms with van der Waals surface area (Å²) >= 11 is 0. The summed E-state index contributed by atoms with van der Waals surface area (Å²) < 4.78 is 38.9. The molecule has 1 saturated carbocycles. The third kappa shape index (κ3) is 1.51. The van der Waals surface area contributed by atoms with E-state index < -0.39 is 17.7 Å². The summed E-state index contributed by atoms with van der Waals surface area (Å²) in [5.74, 6) is -0.892. The number of carbonyl (C=O) groups excluding carboxylic acids is 1. The lowest BCUT2D eigenvalue weighted by molar-refractivity contribution is -0.309. The van der Waals surface area contributed by atoms with Gasteiger partial charge in [-0.2, -0.15) is 0 Å². The molecule has 0 radical (unpaired) electrons. The van der Waals surface area contributed by atoms with E-state index in [1.54, 1.807) is 12.2 Å². The second kappa shape index (κ2) is 2.74. The minimum Gasteiger partial charge on any atom is -0.372 e. The molecule has 0 aromatic heterocycles. The first kappa shape index (κ1) is 9.55. The van der Waals surface area contributed by atoms with Gasteiger partial charge in [0.15, 0.2) is 0 Å². The van der Waals surface area contributed by atoms with Gasteiger partial charge >= 0.3 is 12.3 Å². The zero-order valence-corrected chi connectivity index (χ0v) is 7.30. The summed E-state index contributed by atoms with van der Waals surface area (Å²) in [6, 6.07) is 0. The first-order valence-corrected chi connectivity index (χ1v) is 4.41. The molecule has 2 rings (SSSR count). The lowest BCUT2D eigenvalue weighted by Gasteiger charge is -2.21. The van der Waals surface area contributed by atoms with Crippen molar-refractivity contribution in [1.82, 2.24) is 0 Å². The van der Waals surface area contributed by atoms with Crippen LogP contribution in [0.1, 0.15) is 19.3 Å². The molecule has 2 bridgehead atoms. The van der Waals surface area contributed by atoms with Crippen LogP contribution in [-0.4, -0.2) is 12.3 Å². The van der Waals surface area contributed by atoms with Crippen LogP contribution in [0.25, 0.3) is 0 Å². The molecule has 2 nitrogen and oxygen atoms in total. The van der Waals surface area contributed by atoms with Crippen molar-refractivity contribution >= 4 is 5.97 Å². The third-order valence-corrected chi connectivity index (χ3v) is 2.89. The number of esters is 1. The molecule has 0 amide bonds. The molecule has 0 saturated heterocycles. The number of ether oxygens (including phenoxy) is 1. The summed E-state index contributed by atoms with van der Waals surface area (Å²) in [6.07, 6.45) is 0.241. The average Bonchev–Trinajstić information content (AvgIpc) is 2.60. The predicted octanol–water partition coefficient (Wildman–Crippen LogP) is 2.41. The van der Waals surface area contributed by atoms with Crippen LogP contribution in [0.15, 0.2) is 12.2 Å². The molecule has 0 aromatic rings. The van der Waals surface area contributed by atoms with E-state index in [1.807, 2.05) is 0 Å². The van der Waals surface area contributed by atoms with E-state index in [1.165, 1.54) is 0 Å². The summed E-state index contributed by atoms with van der Waals surface area (Å²) in [5, 5.41) is 0. The van der Waals surface area contributed by atoms with Crippen LogP contribution < -0.4 is 0 Å². The Kier molecular flexibility index (Phi) is 1.87. The highest BCUT2D eigenvalue weighted by Crippen LogP contribution is 2.50. The van der Waals surface area contributed by atoms with Crippen LogP contribution in [0.5, 0.6) is 0 Å². The number of allylic oxidation sites excluding steroid dienone is 1. The molecule has 2 unspecified atom stereocenters. The van der Waals surface area contributed by atoms with Crippen LogP contribution in [-0.2, 0) is 9.53 Å². The summed E-state index contributed by atoms with van der Waals surface area (Å²) in [5.41, 5.74) is -0.986. The Bertz CT molecular complexity index is 295. The van der Waals surface area contributed by atoms with Crippen molar-refractivity contribution in [1.29, 1.82) is 0 Å². The van der Waals surface area contributed by atoms with Crippen molar-refractivity contribution in [2.24, 2.45) is 11.3 Å². The first-order valence-electron chi connectivity index (χ1n) is 4.41. The Balaban J connectivity index is 2.09. The molecule has 5 heteroatoms. The van der Waals surface area contributed by atoms with Crippen molar-refractivity contribution in [2.45, 2.75) is 25.6 Å². The number of rotatable bonds is 1. The molecule has 0 aliphatic heterocycles. The maximum absolute atomic E-state index is 11.8. The van der Waals surface area contributed by atoms with Crippen molar-refractivity contribution in [3.63, 3.8) is 0 Å². The lowest BCUT2D eigenvalue weighted by atomic mass is 9.88. The Hall–Kier alpha value is -1.00. The van der Waals surface area contributed by atoms with Crippen molar-refractivity contribution in [2.75, 3.05) is 0 Å². The first-order chi connectivity index (χ1) is 6.41. The van der Waals surface area contributed by atoms with Gasteiger partial charge in [-0.15, -0.1) is 13.2 Å². The van der Waals surface area contributed by atoms with Gasteiger partial charge in [-0.1, -0.05) is 12.2 Å². The Morgan fingerprint density at radius 1 is 1.50 bits per heavy atom. The van der Waals surface area contributed by atoms with Gasteiger partial charge in [0.2, 0.25) is 0 Å². The fraction of sp³-hybridized carbons (Fsp3) is 0.667. The van der Waals surface area contributed by atoms with Crippen LogP contribution in [0, 0.1) is 11.3 Å². The number of hydrogen-bond acceptors (Lipinski definition) is 2. The maximum Gasteiger partial charge on any atom is 0.575 e. The number of alkyl halides is 3. The van der Waals surface area contributed by atoms with E-state index in [2.05, 4.69) is 4.74 Å². The molecule has 78 valence electrons. The minimum absolute atomic E-state index is 0.260. The normalized spacial score (nSPS) is 34.9. The molecule has 0 N–H and O–H groups in total. The van der Waals surface area contributed by atoms with Crippen LogP contribution in [0.3, 0.4) is 0 Å². The molecule has 2 atom stereocenters. The van der Waals surface area contributed by atoms with E-state index in [0.29, 0.717) is 12.8 Å². The highest BCUT2D eigenvalue weighted by molar-refractivity contribution is 5.80. The highest BCUT2D eigenvalue weighted by Gasteiger charge is 2.50. The Labute approximate surface area is 78.7 Å². The standard InChI is InChI=1S/C9H9F3O2/c10-9(11,12)14-7(13)8-3-1-6(5-8)2-4-8/h1,3,6H,2,4-5H2. The fourth-order valence-corrected chi connectivity index (χ4v) is 2.21. The van der Waals surface area contributed by atoms with Crippen molar-refractivity contribution in [3.8, 4) is 0 Å². The maximum atomic E-state index is 11.8. The lowest BCUT2D eigenvalue weighted by Crippen LogP contribution is -2.32. The van der Waals surface area contributed by atoms with E-state index >= 15 is 0 Å². The quantitative estimate of drug-likeness (QED) is 0.486. The van der Waals surface area contributed by atoms with Gasteiger partial charge in [0.25, 0.3) is 0 Å². The third-order valence-electron chi connectivity index (χ3n) is 2.89. The van der Waals surface area contributed by atoms with Gasteiger partial charge < -0.3 is 4.74 Å². The number of fused-ring (bicyclic) bond motifs is 2. The summed E-state index contributed by atoms with van der Waals surface area (Å²) in [4.78, 5) is 11.2. The number of halogens is 3. The van der Waals surface area contributed by atoms with Gasteiger partial charge in [-0.3, -0.25) is 4.79 Å². The minimum atomic E-state index is -4.86. The Morgan fingerprint density at radius 3 is 2.57 bits per heavy atom. The molecule has 0 aromatic carbocycles. The van der Waals surface area contributed by atoms with Gasteiger partial charge in [0.05, 0.1) is 5.41 Å². The smallest absolute Gasteiger partial charge is 0.372 e. The second-order valence-corrected chi connectivity index (χ2v) is 3.85. The number of carbonyl (C=O) groups is 1. The van der Waals surface area contributed by atoms with Gasteiger partial charge in [0, 0.05) is 0 Å². The average molecular weight is 206 g/mol. The zero-order chi connectivity index (χ0) is 10.4. The molecule has 1 fully saturated rings. The van der Waals surface area contributed by atoms with Gasteiger partial charge in [-0.25, -0.2) is 0 Å². The topological polar surface area (TPSA) is 26.3 Å². The predicted molar refractivity (Wildman–Crippen MR) is 41.1 cm³/mol. The van der Waals surface area contributed by atoms with E-state index in [9.17, 15) is 18.0 Å². The molecule has 2 aliphatic rings. The second-order valence-electron chi connectivity index (χ2n) is 3.85. The SMILES string of the molecule is O=C(OC(F)(F)F)C12C=CC(CC1)C2.